The van der Waals surface area contributed by atoms with E-state index in [1.165, 1.54) is 26.4 Å². The van der Waals surface area contributed by atoms with Gasteiger partial charge in [0.1, 0.15) is 10.7 Å². The number of phenols is 1. The molecule has 3 aromatic rings. The molecule has 0 aliphatic carbocycles. The Kier molecular flexibility index (Phi) is 6.91. The molecule has 0 amide bonds. The number of aromatic nitrogens is 2. The van der Waals surface area contributed by atoms with E-state index in [1.54, 1.807) is 24.3 Å². The predicted octanol–water partition coefficient (Wildman–Crippen LogP) is 5.09. The van der Waals surface area contributed by atoms with Crippen LogP contribution in [0.1, 0.15) is 5.56 Å². The number of methoxy groups -OCH3 is 2. The van der Waals surface area contributed by atoms with Gasteiger partial charge in [-0.15, -0.1) is 10.2 Å². The fourth-order valence-corrected chi connectivity index (χ4v) is 3.72. The Labute approximate surface area is 188 Å². The molecule has 2 N–H and O–H groups in total. The van der Waals surface area contributed by atoms with Gasteiger partial charge in [0, 0.05) is 5.02 Å². The zero-order chi connectivity index (χ0) is 21.8. The monoisotopic (exact) mass is 512 g/mol. The smallest absolute Gasteiger partial charge is 0.342 e. The number of ether oxygens (including phenoxy) is 2. The summed E-state index contributed by atoms with van der Waals surface area (Å²) in [6.45, 7) is 0. The topological polar surface area (TPSA) is 115 Å². The predicted molar refractivity (Wildman–Crippen MR) is 115 cm³/mol. The first-order valence-corrected chi connectivity index (χ1v) is 10.2. The van der Waals surface area contributed by atoms with Crippen LogP contribution in [0.2, 0.25) is 5.02 Å². The average molecular weight is 514 g/mol. The fourth-order valence-electron chi connectivity index (χ4n) is 2.42. The molecule has 3 rings (SSSR count). The molecule has 0 spiro atoms. The van der Waals surface area contributed by atoms with Crippen LogP contribution in [0.25, 0.3) is 17.5 Å². The molecule has 0 aliphatic heterocycles. The van der Waals surface area contributed by atoms with Crippen molar-refractivity contribution < 1.29 is 28.9 Å². The van der Waals surface area contributed by atoms with E-state index in [0.29, 0.717) is 26.4 Å². The molecule has 0 aliphatic rings. The Bertz CT molecular complexity index is 1130. The maximum atomic E-state index is 11.7. The molecular weight excluding hydrogens is 500 g/mol. The number of phenolic OH excluding ortho intramolecular Hbond substituents is 1. The normalized spacial score (nSPS) is 11.4. The molecule has 30 heavy (non-hydrogen) atoms. The van der Waals surface area contributed by atoms with Gasteiger partial charge in [-0.25, -0.2) is 4.79 Å². The molecule has 8 nitrogen and oxygen atoms in total. The summed E-state index contributed by atoms with van der Waals surface area (Å²) in [4.78, 5) is 11.6. The highest BCUT2D eigenvalue weighted by molar-refractivity contribution is 9.10. The van der Waals surface area contributed by atoms with Crippen molar-refractivity contribution in [3.8, 4) is 28.7 Å². The molecule has 156 valence electrons. The number of rotatable bonds is 7. The van der Waals surface area contributed by atoms with E-state index in [0.717, 1.165) is 11.8 Å². The second-order valence-corrected chi connectivity index (χ2v) is 7.97. The summed E-state index contributed by atoms with van der Waals surface area (Å²) < 4.78 is 16.3. The average Bonchev–Trinajstić information content (AvgIpc) is 3.18. The number of carboxylic acids is 1. The third-order valence-electron chi connectivity index (χ3n) is 3.77. The number of carbonyl (C=O) groups is 1. The molecule has 0 unspecified atom stereocenters. The summed E-state index contributed by atoms with van der Waals surface area (Å²) in [6, 6.07) is 7.98. The van der Waals surface area contributed by atoms with Crippen LogP contribution in [0.5, 0.6) is 17.2 Å². The number of hydrogen-bond acceptors (Lipinski definition) is 8. The summed E-state index contributed by atoms with van der Waals surface area (Å²) in [5.74, 6) is -0.469. The van der Waals surface area contributed by atoms with Crippen LogP contribution in [0.3, 0.4) is 0 Å². The van der Waals surface area contributed by atoms with Gasteiger partial charge < -0.3 is 24.1 Å². The van der Waals surface area contributed by atoms with Crippen LogP contribution in [0, 0.1) is 0 Å². The molecule has 0 saturated heterocycles. The molecule has 0 radical (unpaired) electrons. The minimum atomic E-state index is -1.19. The van der Waals surface area contributed by atoms with Gasteiger partial charge in [0.15, 0.2) is 11.5 Å². The Morgan fingerprint density at radius 2 is 1.93 bits per heavy atom. The van der Waals surface area contributed by atoms with Crippen molar-refractivity contribution in [2.45, 2.75) is 5.22 Å². The highest BCUT2D eigenvalue weighted by Crippen LogP contribution is 2.38. The molecule has 2 aromatic carbocycles. The lowest BCUT2D eigenvalue weighted by Gasteiger charge is -2.07. The zero-order valence-corrected chi connectivity index (χ0v) is 18.7. The second kappa shape index (κ2) is 9.41. The summed E-state index contributed by atoms with van der Waals surface area (Å²) in [5, 5.41) is 27.8. The van der Waals surface area contributed by atoms with Crippen LogP contribution >= 0.6 is 39.3 Å². The summed E-state index contributed by atoms with van der Waals surface area (Å²) in [6.07, 6.45) is 1.39. The molecule has 11 heteroatoms. The van der Waals surface area contributed by atoms with Crippen LogP contribution in [-0.4, -0.2) is 40.6 Å². The third-order valence-corrected chi connectivity index (χ3v) is 5.47. The summed E-state index contributed by atoms with van der Waals surface area (Å²) in [5.41, 5.74) is 0.968. The first-order chi connectivity index (χ1) is 14.3. The van der Waals surface area contributed by atoms with Gasteiger partial charge >= 0.3 is 5.97 Å². The molecule has 0 atom stereocenters. The second-order valence-electron chi connectivity index (χ2n) is 5.69. The van der Waals surface area contributed by atoms with Crippen LogP contribution in [-0.2, 0) is 4.79 Å². The Balaban J connectivity index is 1.93. The van der Waals surface area contributed by atoms with Crippen molar-refractivity contribution in [3.63, 3.8) is 0 Å². The Morgan fingerprint density at radius 1 is 1.20 bits per heavy atom. The van der Waals surface area contributed by atoms with Gasteiger partial charge in [0.05, 0.1) is 24.3 Å². The van der Waals surface area contributed by atoms with E-state index in [1.807, 2.05) is 0 Å². The van der Waals surface area contributed by atoms with Crippen molar-refractivity contribution in [2.24, 2.45) is 0 Å². The zero-order valence-electron chi connectivity index (χ0n) is 15.6. The Morgan fingerprint density at radius 3 is 2.60 bits per heavy atom. The molecule has 1 aromatic heterocycles. The maximum Gasteiger partial charge on any atom is 0.342 e. The number of thioether (sulfide) groups is 1. The highest BCUT2D eigenvalue weighted by atomic mass is 79.9. The lowest BCUT2D eigenvalue weighted by molar-refractivity contribution is -0.131. The molecular formula is C19H14BrClN2O6S. The van der Waals surface area contributed by atoms with E-state index in [4.69, 9.17) is 25.5 Å². The number of carboxylic acid groups (broad SMARTS) is 1. The maximum absolute atomic E-state index is 11.7. The van der Waals surface area contributed by atoms with Gasteiger partial charge in [0.25, 0.3) is 11.1 Å². The number of benzene rings is 2. The molecule has 0 fully saturated rings. The van der Waals surface area contributed by atoms with Crippen molar-refractivity contribution in [1.29, 1.82) is 0 Å². The first-order valence-electron chi connectivity index (χ1n) is 8.19. The van der Waals surface area contributed by atoms with Gasteiger partial charge in [-0.3, -0.25) is 0 Å². The van der Waals surface area contributed by atoms with Crippen molar-refractivity contribution >= 4 is 51.3 Å². The van der Waals surface area contributed by atoms with Crippen molar-refractivity contribution in [1.82, 2.24) is 10.2 Å². The van der Waals surface area contributed by atoms with Gasteiger partial charge in [-0.2, -0.15) is 0 Å². The number of hydrogen-bond donors (Lipinski definition) is 2. The Hall–Kier alpha value is -2.69. The van der Waals surface area contributed by atoms with Crippen molar-refractivity contribution in [3.05, 3.63) is 50.3 Å². The molecule has 0 saturated carbocycles. The van der Waals surface area contributed by atoms with Crippen molar-refractivity contribution in [2.75, 3.05) is 14.2 Å². The SMILES string of the molecule is COc1ccc(Cl)cc1-c1nnc(S/C(=C\c2cc(Br)c(O)c(OC)c2)C(=O)O)o1. The minimum absolute atomic E-state index is 0.0190. The van der Waals surface area contributed by atoms with E-state index in [-0.39, 0.29) is 27.5 Å². The molecule has 0 bridgehead atoms. The number of aliphatic carboxylic acids is 1. The third kappa shape index (κ3) is 4.89. The molecule has 1 heterocycles. The highest BCUT2D eigenvalue weighted by Gasteiger charge is 2.19. The quantitative estimate of drug-likeness (QED) is 0.329. The van der Waals surface area contributed by atoms with Crippen LogP contribution < -0.4 is 9.47 Å². The van der Waals surface area contributed by atoms with E-state index in [2.05, 4.69) is 26.1 Å². The number of halogens is 2. The number of nitrogens with zero attached hydrogens (tertiary/aromatic N) is 2. The van der Waals surface area contributed by atoms with E-state index in [9.17, 15) is 15.0 Å². The van der Waals surface area contributed by atoms with Crippen LogP contribution in [0.15, 0.2) is 49.3 Å². The van der Waals surface area contributed by atoms with Gasteiger partial charge in [0.2, 0.25) is 0 Å². The van der Waals surface area contributed by atoms with E-state index >= 15 is 0 Å². The first kappa shape index (κ1) is 22.0. The largest absolute Gasteiger partial charge is 0.503 e. The van der Waals surface area contributed by atoms with E-state index < -0.39 is 5.97 Å². The summed E-state index contributed by atoms with van der Waals surface area (Å²) in [7, 11) is 2.89. The lowest BCUT2D eigenvalue weighted by Crippen LogP contribution is -1.97. The lowest BCUT2D eigenvalue weighted by atomic mass is 10.2. The van der Waals surface area contributed by atoms with Gasteiger partial charge in [-0.05, 0) is 69.7 Å². The van der Waals surface area contributed by atoms with Gasteiger partial charge in [-0.1, -0.05) is 11.6 Å². The minimum Gasteiger partial charge on any atom is -0.503 e. The number of aromatic hydroxyl groups is 1. The summed E-state index contributed by atoms with van der Waals surface area (Å²) >= 11 is 10.0. The standard InChI is InChI=1S/C19H14BrClN2O6S/c1-27-13-4-3-10(21)8-11(13)17-22-23-19(29-17)30-15(18(25)26)7-9-5-12(20)16(24)14(6-9)28-2/h3-8,24H,1-2H3,(H,25,26)/b15-7-. The van der Waals surface area contributed by atoms with Crippen LogP contribution in [0.4, 0.5) is 0 Å². The fraction of sp³-hybridized carbons (Fsp3) is 0.105.